The molecule has 0 rings (SSSR count). The summed E-state index contributed by atoms with van der Waals surface area (Å²) in [6.07, 6.45) is -0.293. The van der Waals surface area contributed by atoms with E-state index in [0.717, 1.165) is 0 Å². The minimum absolute atomic E-state index is 0.0582. The Labute approximate surface area is 121 Å². The third kappa shape index (κ3) is 7.57. The number of nitriles is 1. The summed E-state index contributed by atoms with van der Waals surface area (Å²) in [6.45, 7) is 1.02. The van der Waals surface area contributed by atoms with Gasteiger partial charge in [0.1, 0.15) is 18.2 Å². The predicted molar refractivity (Wildman–Crippen MR) is 68.9 cm³/mol. The molecule has 0 aromatic rings. The van der Waals surface area contributed by atoms with E-state index in [0.29, 0.717) is 6.21 Å². The van der Waals surface area contributed by atoms with Gasteiger partial charge >= 0.3 is 12.2 Å². The highest BCUT2D eigenvalue weighted by Crippen LogP contribution is 2.02. The summed E-state index contributed by atoms with van der Waals surface area (Å²) in [6, 6.07) is 0.527. The van der Waals surface area contributed by atoms with E-state index in [-0.39, 0.29) is 12.8 Å². The first-order valence-electron chi connectivity index (χ1n) is 6.03. The maximum atomic E-state index is 11.7. The topological polar surface area (TPSA) is 142 Å². The molecule has 0 heterocycles. The molecule has 1 amide bonds. The van der Waals surface area contributed by atoms with Gasteiger partial charge in [0, 0.05) is 13.5 Å². The summed E-state index contributed by atoms with van der Waals surface area (Å²) in [4.78, 5) is 37.1. The van der Waals surface area contributed by atoms with Crippen molar-refractivity contribution in [3.63, 3.8) is 0 Å². The van der Waals surface area contributed by atoms with Gasteiger partial charge in [0.05, 0.1) is 0 Å². The second kappa shape index (κ2) is 10.3. The summed E-state index contributed by atoms with van der Waals surface area (Å²) >= 11 is 0. The van der Waals surface area contributed by atoms with Gasteiger partial charge in [-0.15, -0.1) is 0 Å². The van der Waals surface area contributed by atoms with Crippen molar-refractivity contribution >= 4 is 23.9 Å². The molecule has 0 saturated heterocycles. The molecule has 21 heavy (non-hydrogen) atoms. The van der Waals surface area contributed by atoms with Crippen molar-refractivity contribution in [2.24, 2.45) is 0 Å². The van der Waals surface area contributed by atoms with Crippen LogP contribution in [0.3, 0.4) is 0 Å². The first kappa shape index (κ1) is 18.4. The van der Waals surface area contributed by atoms with Gasteiger partial charge < -0.3 is 20.3 Å². The molecule has 0 spiro atoms. The largest absolute Gasteiger partial charge is 0.449 e. The van der Waals surface area contributed by atoms with Crippen LogP contribution in [-0.4, -0.2) is 54.5 Å². The van der Waals surface area contributed by atoms with Gasteiger partial charge in [-0.3, -0.25) is 9.59 Å². The van der Waals surface area contributed by atoms with Gasteiger partial charge in [0.15, 0.2) is 6.61 Å². The van der Waals surface area contributed by atoms with E-state index in [1.165, 1.54) is 14.0 Å². The van der Waals surface area contributed by atoms with Crippen LogP contribution >= 0.6 is 0 Å². The van der Waals surface area contributed by atoms with E-state index in [9.17, 15) is 14.4 Å². The second-order valence-corrected chi connectivity index (χ2v) is 3.95. The number of Topliss-reactive ketones (excluding diaryl/α,β-unsaturated/α-hetero) is 1. The number of rotatable bonds is 9. The molecule has 0 unspecified atom stereocenters. The summed E-state index contributed by atoms with van der Waals surface area (Å²) in [5.41, 5.74) is 8.21. The number of ether oxygens (including phenoxy) is 2. The smallest absolute Gasteiger partial charge is 0.329 e. The van der Waals surface area contributed by atoms with Crippen molar-refractivity contribution in [2.45, 2.75) is 31.9 Å². The molecule has 0 aliphatic carbocycles. The van der Waals surface area contributed by atoms with E-state index in [1.807, 2.05) is 0 Å². The quantitative estimate of drug-likeness (QED) is 0.256. The number of carbonyl (C=O) groups excluding carboxylic acids is 3. The molecular weight excluding hydrogens is 280 g/mol. The van der Waals surface area contributed by atoms with Crippen LogP contribution in [0, 0.1) is 11.3 Å². The number of methoxy groups -OCH3 is 1. The third-order valence-corrected chi connectivity index (χ3v) is 2.48. The zero-order valence-corrected chi connectivity index (χ0v) is 11.7. The van der Waals surface area contributed by atoms with Gasteiger partial charge in [-0.25, -0.2) is 4.79 Å². The molecule has 0 aromatic heterocycles. The molecule has 0 fully saturated rings. The highest BCUT2D eigenvalue weighted by atomic mass is 16.5. The lowest BCUT2D eigenvalue weighted by atomic mass is 10.1. The average Bonchev–Trinajstić information content (AvgIpc) is 2.47. The van der Waals surface area contributed by atoms with Crippen LogP contribution < -0.4 is 5.32 Å². The van der Waals surface area contributed by atoms with Crippen LogP contribution in [0.1, 0.15) is 19.8 Å². The number of carbonyl (C=O) groups is 3. The molecular formula is C12H16N4O5. The van der Waals surface area contributed by atoms with Crippen molar-refractivity contribution in [1.82, 2.24) is 5.32 Å². The fourth-order valence-corrected chi connectivity index (χ4v) is 1.26. The van der Waals surface area contributed by atoms with Gasteiger partial charge in [-0.1, -0.05) is 0 Å². The van der Waals surface area contributed by atoms with Crippen molar-refractivity contribution in [3.05, 3.63) is 5.53 Å². The van der Waals surface area contributed by atoms with Crippen molar-refractivity contribution < 1.29 is 28.6 Å². The van der Waals surface area contributed by atoms with Crippen LogP contribution in [0.4, 0.5) is 0 Å². The van der Waals surface area contributed by atoms with Crippen molar-refractivity contribution in [1.29, 1.82) is 5.26 Å². The summed E-state index contributed by atoms with van der Waals surface area (Å²) in [7, 11) is 1.33. The molecule has 9 heteroatoms. The lowest BCUT2D eigenvalue weighted by Crippen LogP contribution is -2.46. The highest BCUT2D eigenvalue weighted by Gasteiger charge is 2.25. The fraction of sp³-hybridized carbons (Fsp3) is 0.583. The van der Waals surface area contributed by atoms with E-state index in [4.69, 9.17) is 15.5 Å². The number of hydrogen-bond donors (Lipinski definition) is 1. The number of esters is 1. The molecule has 0 aliphatic rings. The minimum Gasteiger partial charge on any atom is -0.449 e. The number of amides is 1. The summed E-state index contributed by atoms with van der Waals surface area (Å²) in [5.74, 6) is -1.91. The number of nitrogens with zero attached hydrogens (tertiary/aromatic N) is 3. The van der Waals surface area contributed by atoms with Gasteiger partial charge in [-0.05, 0) is 13.3 Å². The van der Waals surface area contributed by atoms with E-state index in [1.54, 1.807) is 6.07 Å². The normalized spacial score (nSPS) is 12.2. The third-order valence-electron chi connectivity index (χ3n) is 2.48. The molecule has 114 valence electrons. The molecule has 0 saturated carbocycles. The number of ketones is 1. The van der Waals surface area contributed by atoms with Gasteiger partial charge in [0.25, 0.3) is 0 Å². The first-order valence-corrected chi connectivity index (χ1v) is 6.03. The standard InChI is InChI=1S/C12H16N4O5/c1-8(20-2)11(18)16-10(12(19)21-6-5-13)4-3-9(17)7-15-14/h7-8,10H,3-4,6H2,1-2H3,(H,16,18)/t8-,10-/m0/s1. The minimum atomic E-state index is -1.10. The molecule has 2 atom stereocenters. The zero-order valence-electron chi connectivity index (χ0n) is 11.7. The predicted octanol–water partition coefficient (Wildman–Crippen LogP) is -0.777. The molecule has 0 aromatic carbocycles. The van der Waals surface area contributed by atoms with Crippen LogP contribution in [0.15, 0.2) is 0 Å². The van der Waals surface area contributed by atoms with Gasteiger partial charge in [0.2, 0.25) is 11.7 Å². The first-order chi connectivity index (χ1) is 9.96. The average molecular weight is 296 g/mol. The Bertz CT molecular complexity index is 479. The second-order valence-electron chi connectivity index (χ2n) is 3.95. The Kier molecular flexibility index (Phi) is 9.00. The highest BCUT2D eigenvalue weighted by molar-refractivity contribution is 6.25. The molecule has 9 nitrogen and oxygen atoms in total. The summed E-state index contributed by atoms with van der Waals surface area (Å²) < 4.78 is 9.41. The molecule has 0 bridgehead atoms. The van der Waals surface area contributed by atoms with Crippen LogP contribution in [0.5, 0.6) is 0 Å². The summed E-state index contributed by atoms with van der Waals surface area (Å²) in [5, 5.41) is 10.7. The maximum absolute atomic E-state index is 11.7. The Morgan fingerprint density at radius 3 is 2.67 bits per heavy atom. The lowest BCUT2D eigenvalue weighted by Gasteiger charge is -2.18. The molecule has 1 N–H and O–H groups in total. The number of nitrogens with one attached hydrogen (secondary N) is 1. The van der Waals surface area contributed by atoms with E-state index >= 15 is 0 Å². The fourth-order valence-electron chi connectivity index (χ4n) is 1.26. The van der Waals surface area contributed by atoms with E-state index in [2.05, 4.69) is 14.8 Å². The van der Waals surface area contributed by atoms with Crippen molar-refractivity contribution in [3.8, 4) is 6.07 Å². The van der Waals surface area contributed by atoms with Gasteiger partial charge in [-0.2, -0.15) is 10.1 Å². The molecule has 0 aliphatic heterocycles. The van der Waals surface area contributed by atoms with Crippen LogP contribution in [-0.2, 0) is 23.9 Å². The van der Waals surface area contributed by atoms with Crippen LogP contribution in [0.2, 0.25) is 0 Å². The van der Waals surface area contributed by atoms with Crippen LogP contribution in [0.25, 0.3) is 5.53 Å². The Balaban J connectivity index is 4.72. The zero-order chi connectivity index (χ0) is 16.3. The Morgan fingerprint density at radius 2 is 2.14 bits per heavy atom. The lowest BCUT2D eigenvalue weighted by molar-refractivity contribution is -0.148. The molecule has 0 radical (unpaired) electrons. The Hall–Kier alpha value is -2.56. The number of hydrogen-bond acceptors (Lipinski definition) is 6. The Morgan fingerprint density at radius 1 is 1.48 bits per heavy atom. The SMILES string of the molecule is CO[C@@H](C)C(=O)N[C@@H](CCC(=O)C=[N+]=[N-])C(=O)OCC#N. The maximum Gasteiger partial charge on any atom is 0.329 e. The monoisotopic (exact) mass is 296 g/mol. The van der Waals surface area contributed by atoms with E-state index < -0.39 is 36.4 Å². The van der Waals surface area contributed by atoms with Crippen molar-refractivity contribution in [2.75, 3.05) is 13.7 Å².